The number of halogens is 1. The molecule has 0 N–H and O–H groups in total. The maximum absolute atomic E-state index is 11.2. The molecular weight excluding hydrogens is 250 g/mol. The van der Waals surface area contributed by atoms with E-state index < -0.39 is 5.97 Å². The SMILES string of the molecule is COC(=O)c1ccnc(C(=O)CBr)c1. The highest BCUT2D eigenvalue weighted by Crippen LogP contribution is 2.05. The Labute approximate surface area is 89.4 Å². The summed E-state index contributed by atoms with van der Waals surface area (Å²) >= 11 is 3.02. The molecule has 1 aromatic rings. The van der Waals surface area contributed by atoms with E-state index in [1.165, 1.54) is 25.4 Å². The van der Waals surface area contributed by atoms with E-state index in [0.29, 0.717) is 5.56 Å². The number of pyridine rings is 1. The van der Waals surface area contributed by atoms with Crippen LogP contribution >= 0.6 is 15.9 Å². The van der Waals surface area contributed by atoms with Crippen LogP contribution in [0.2, 0.25) is 0 Å². The Bertz CT molecular complexity index is 334. The zero-order valence-corrected chi connectivity index (χ0v) is 9.08. The summed E-state index contributed by atoms with van der Waals surface area (Å²) in [6.07, 6.45) is 1.40. The highest BCUT2D eigenvalue weighted by molar-refractivity contribution is 9.09. The van der Waals surface area contributed by atoms with Gasteiger partial charge in [-0.25, -0.2) is 4.79 Å². The third-order valence-electron chi connectivity index (χ3n) is 1.59. The van der Waals surface area contributed by atoms with Gasteiger partial charge >= 0.3 is 5.97 Å². The van der Waals surface area contributed by atoms with Crippen LogP contribution < -0.4 is 0 Å². The Hall–Kier alpha value is -1.23. The quantitative estimate of drug-likeness (QED) is 0.467. The lowest BCUT2D eigenvalue weighted by molar-refractivity contribution is 0.0600. The summed E-state index contributed by atoms with van der Waals surface area (Å²) in [6, 6.07) is 2.91. The lowest BCUT2D eigenvalue weighted by atomic mass is 10.2. The first-order chi connectivity index (χ1) is 6.69. The number of alkyl halides is 1. The Balaban J connectivity index is 3.01. The van der Waals surface area contributed by atoms with Crippen LogP contribution in [0.5, 0.6) is 0 Å². The minimum absolute atomic E-state index is 0.171. The minimum atomic E-state index is -0.476. The third-order valence-corrected chi connectivity index (χ3v) is 2.10. The van der Waals surface area contributed by atoms with Crippen LogP contribution in [0.1, 0.15) is 20.8 Å². The molecule has 5 heteroatoms. The van der Waals surface area contributed by atoms with Gasteiger partial charge in [0.2, 0.25) is 0 Å². The van der Waals surface area contributed by atoms with Gasteiger partial charge in [-0.15, -0.1) is 0 Å². The molecule has 0 fully saturated rings. The first-order valence-electron chi connectivity index (χ1n) is 3.82. The molecule has 1 heterocycles. The predicted molar refractivity (Wildman–Crippen MR) is 53.7 cm³/mol. The van der Waals surface area contributed by atoms with Crippen LogP contribution in [0.3, 0.4) is 0 Å². The number of ether oxygens (including phenoxy) is 1. The first kappa shape index (κ1) is 10.8. The fraction of sp³-hybridized carbons (Fsp3) is 0.222. The number of methoxy groups -OCH3 is 1. The van der Waals surface area contributed by atoms with Gasteiger partial charge in [-0.2, -0.15) is 0 Å². The summed E-state index contributed by atoms with van der Waals surface area (Å²) < 4.78 is 4.51. The van der Waals surface area contributed by atoms with E-state index >= 15 is 0 Å². The van der Waals surface area contributed by atoms with Gasteiger partial charge in [0.25, 0.3) is 0 Å². The van der Waals surface area contributed by atoms with Gasteiger partial charge in [0.15, 0.2) is 5.78 Å². The van der Waals surface area contributed by atoms with E-state index in [1.807, 2.05) is 0 Å². The molecule has 0 bridgehead atoms. The van der Waals surface area contributed by atoms with Crippen molar-refractivity contribution in [3.8, 4) is 0 Å². The zero-order chi connectivity index (χ0) is 10.6. The number of nitrogens with zero attached hydrogens (tertiary/aromatic N) is 1. The van der Waals surface area contributed by atoms with Crippen molar-refractivity contribution in [2.45, 2.75) is 0 Å². The minimum Gasteiger partial charge on any atom is -0.465 e. The molecule has 4 nitrogen and oxygen atoms in total. The average Bonchev–Trinajstić information content (AvgIpc) is 2.27. The highest BCUT2D eigenvalue weighted by Gasteiger charge is 2.10. The number of hydrogen-bond acceptors (Lipinski definition) is 4. The van der Waals surface area contributed by atoms with Crippen molar-refractivity contribution < 1.29 is 14.3 Å². The van der Waals surface area contributed by atoms with Crippen LogP contribution in [0.4, 0.5) is 0 Å². The maximum atomic E-state index is 11.2. The predicted octanol–water partition coefficient (Wildman–Crippen LogP) is 1.45. The first-order valence-corrected chi connectivity index (χ1v) is 4.94. The second kappa shape index (κ2) is 4.85. The van der Waals surface area contributed by atoms with Gasteiger partial charge in [0.1, 0.15) is 5.69 Å². The lowest BCUT2D eigenvalue weighted by Gasteiger charge is -2.00. The zero-order valence-electron chi connectivity index (χ0n) is 7.49. The Morgan fingerprint density at radius 3 is 2.86 bits per heavy atom. The number of aromatic nitrogens is 1. The van der Waals surface area contributed by atoms with Crippen LogP contribution in [0.15, 0.2) is 18.3 Å². The van der Waals surface area contributed by atoms with Crippen molar-refractivity contribution in [2.75, 3.05) is 12.4 Å². The van der Waals surface area contributed by atoms with E-state index in [9.17, 15) is 9.59 Å². The molecule has 0 saturated heterocycles. The van der Waals surface area contributed by atoms with E-state index in [0.717, 1.165) is 0 Å². The molecule has 1 aromatic heterocycles. The number of hydrogen-bond donors (Lipinski definition) is 0. The Kier molecular flexibility index (Phi) is 3.76. The second-order valence-electron chi connectivity index (χ2n) is 2.48. The lowest BCUT2D eigenvalue weighted by Crippen LogP contribution is -2.07. The fourth-order valence-electron chi connectivity index (χ4n) is 0.896. The molecule has 0 spiro atoms. The van der Waals surface area contributed by atoms with Gasteiger partial charge in [0.05, 0.1) is 18.0 Å². The van der Waals surface area contributed by atoms with Crippen molar-refractivity contribution >= 4 is 27.7 Å². The number of carbonyl (C=O) groups is 2. The largest absolute Gasteiger partial charge is 0.465 e. The molecule has 14 heavy (non-hydrogen) atoms. The van der Waals surface area contributed by atoms with E-state index in [1.54, 1.807) is 0 Å². The second-order valence-corrected chi connectivity index (χ2v) is 3.04. The molecule has 0 aliphatic rings. The third kappa shape index (κ3) is 2.38. The topological polar surface area (TPSA) is 56.3 Å². The normalized spacial score (nSPS) is 9.57. The molecule has 0 radical (unpaired) electrons. The molecule has 0 amide bonds. The van der Waals surface area contributed by atoms with Crippen LogP contribution in [-0.2, 0) is 4.74 Å². The summed E-state index contributed by atoms with van der Waals surface area (Å²) in [6.45, 7) is 0. The monoisotopic (exact) mass is 257 g/mol. The molecule has 0 unspecified atom stereocenters. The molecular formula is C9H8BrNO3. The van der Waals surface area contributed by atoms with E-state index in [2.05, 4.69) is 25.7 Å². The van der Waals surface area contributed by atoms with E-state index in [4.69, 9.17) is 0 Å². The van der Waals surface area contributed by atoms with Gasteiger partial charge in [0, 0.05) is 6.20 Å². The molecule has 74 valence electrons. The van der Waals surface area contributed by atoms with Crippen LogP contribution in [0, 0.1) is 0 Å². The number of carbonyl (C=O) groups excluding carboxylic acids is 2. The number of esters is 1. The molecule has 0 atom stereocenters. The summed E-state index contributed by atoms with van der Waals surface area (Å²) in [5.41, 5.74) is 0.580. The number of ketones is 1. The highest BCUT2D eigenvalue weighted by atomic mass is 79.9. The van der Waals surface area contributed by atoms with Crippen molar-refractivity contribution in [3.05, 3.63) is 29.6 Å². The Morgan fingerprint density at radius 2 is 2.29 bits per heavy atom. The van der Waals surface area contributed by atoms with Crippen molar-refractivity contribution in [1.29, 1.82) is 0 Å². The van der Waals surface area contributed by atoms with E-state index in [-0.39, 0.29) is 16.8 Å². The summed E-state index contributed by atoms with van der Waals surface area (Å²) in [5.74, 6) is -0.647. The van der Waals surface area contributed by atoms with Crippen molar-refractivity contribution in [2.24, 2.45) is 0 Å². The fourth-order valence-corrected chi connectivity index (χ4v) is 1.18. The summed E-state index contributed by atoms with van der Waals surface area (Å²) in [7, 11) is 1.29. The standard InChI is InChI=1S/C9H8BrNO3/c1-14-9(13)6-2-3-11-7(4-6)8(12)5-10/h2-4H,5H2,1H3. The molecule has 0 aromatic carbocycles. The molecule has 0 aliphatic carbocycles. The van der Waals surface area contributed by atoms with Crippen molar-refractivity contribution in [1.82, 2.24) is 4.98 Å². The van der Waals surface area contributed by atoms with Crippen molar-refractivity contribution in [3.63, 3.8) is 0 Å². The summed E-state index contributed by atoms with van der Waals surface area (Å²) in [5, 5.41) is 0.185. The Morgan fingerprint density at radius 1 is 1.57 bits per heavy atom. The van der Waals surface area contributed by atoms with Gasteiger partial charge < -0.3 is 4.74 Å². The van der Waals surface area contributed by atoms with Gasteiger partial charge in [-0.05, 0) is 12.1 Å². The smallest absolute Gasteiger partial charge is 0.337 e. The molecule has 1 rings (SSSR count). The molecule has 0 aliphatic heterocycles. The van der Waals surface area contributed by atoms with Gasteiger partial charge in [-0.3, -0.25) is 9.78 Å². The molecule has 0 saturated carbocycles. The summed E-state index contributed by atoms with van der Waals surface area (Å²) in [4.78, 5) is 26.2. The van der Waals surface area contributed by atoms with Crippen LogP contribution in [-0.4, -0.2) is 29.2 Å². The maximum Gasteiger partial charge on any atom is 0.337 e. The average molecular weight is 258 g/mol. The number of Topliss-reactive ketones (excluding diaryl/α,β-unsaturated/α-hetero) is 1. The van der Waals surface area contributed by atoms with Gasteiger partial charge in [-0.1, -0.05) is 15.9 Å². The van der Waals surface area contributed by atoms with Crippen LogP contribution in [0.25, 0.3) is 0 Å². The number of rotatable bonds is 3.